The van der Waals surface area contributed by atoms with Gasteiger partial charge in [0.25, 0.3) is 0 Å². The molecule has 4 heteroatoms. The summed E-state index contributed by atoms with van der Waals surface area (Å²) >= 11 is 0. The van der Waals surface area contributed by atoms with E-state index in [1.54, 1.807) is 0 Å². The molecule has 0 radical (unpaired) electrons. The van der Waals surface area contributed by atoms with E-state index in [9.17, 15) is 0 Å². The van der Waals surface area contributed by atoms with E-state index in [0.29, 0.717) is 13.2 Å². The molecule has 0 N–H and O–H groups in total. The molecule has 0 aliphatic carbocycles. The van der Waals surface area contributed by atoms with Crippen LogP contribution in [0.4, 0.5) is 0 Å². The molecular formula is C20H18Li2O2. The number of hydrogen-bond acceptors (Lipinski definition) is 2. The minimum atomic E-state index is -0.794. The summed E-state index contributed by atoms with van der Waals surface area (Å²) in [6.45, 7) is 1.39. The molecule has 2 nitrogen and oxygen atoms in total. The smallest absolute Gasteiger partial charge is 0.343 e. The van der Waals surface area contributed by atoms with Crippen molar-refractivity contribution in [2.45, 2.75) is 12.2 Å². The van der Waals surface area contributed by atoms with Gasteiger partial charge in [0, 0.05) is 0 Å². The molecule has 1 aliphatic heterocycles. The molecule has 1 aliphatic rings. The maximum Gasteiger partial charge on any atom is 1.00 e. The molecule has 0 amide bonds. The summed E-state index contributed by atoms with van der Waals surface area (Å²) in [4.78, 5) is 0. The van der Waals surface area contributed by atoms with E-state index in [4.69, 9.17) is 9.47 Å². The first-order valence-corrected chi connectivity index (χ1v) is 7.45. The van der Waals surface area contributed by atoms with Crippen molar-refractivity contribution in [2.24, 2.45) is 0 Å². The Balaban J connectivity index is 0.00000144. The van der Waals surface area contributed by atoms with E-state index in [2.05, 4.69) is 12.1 Å². The van der Waals surface area contributed by atoms with Gasteiger partial charge in [-0.2, -0.15) is 60.7 Å². The summed E-state index contributed by atoms with van der Waals surface area (Å²) in [5.41, 5.74) is 2.19. The normalized spacial score (nSPS) is 16.5. The maximum absolute atomic E-state index is 5.90. The third-order valence-electron chi connectivity index (χ3n) is 3.45. The molecule has 24 heavy (non-hydrogen) atoms. The van der Waals surface area contributed by atoms with Crippen molar-refractivity contribution >= 4 is 12.2 Å². The van der Waals surface area contributed by atoms with E-state index in [1.807, 2.05) is 72.8 Å². The van der Waals surface area contributed by atoms with Crippen molar-refractivity contribution in [3.63, 3.8) is 0 Å². The van der Waals surface area contributed by atoms with Crippen LogP contribution in [0.5, 0.6) is 0 Å². The van der Waals surface area contributed by atoms with Crippen LogP contribution in [0, 0.1) is 12.1 Å². The van der Waals surface area contributed by atoms with Gasteiger partial charge in [0.2, 0.25) is 5.79 Å². The summed E-state index contributed by atoms with van der Waals surface area (Å²) in [6.07, 6.45) is 8.88. The molecule has 0 spiro atoms. The number of hydrogen-bond donors (Lipinski definition) is 0. The second kappa shape index (κ2) is 10.8. The van der Waals surface area contributed by atoms with Crippen LogP contribution >= 0.6 is 0 Å². The Bertz CT molecular complexity index is 582. The average Bonchev–Trinajstić information content (AvgIpc) is 2.61. The summed E-state index contributed by atoms with van der Waals surface area (Å²) in [5, 5.41) is 0. The summed E-state index contributed by atoms with van der Waals surface area (Å²) < 4.78 is 11.8. The predicted molar refractivity (Wildman–Crippen MR) is 87.9 cm³/mol. The van der Waals surface area contributed by atoms with Crippen molar-refractivity contribution in [2.75, 3.05) is 13.2 Å². The van der Waals surface area contributed by atoms with Crippen molar-refractivity contribution in [3.05, 3.63) is 83.9 Å². The Labute approximate surface area is 168 Å². The van der Waals surface area contributed by atoms with Gasteiger partial charge in [-0.3, -0.25) is 0 Å². The Morgan fingerprint density at radius 3 is 1.58 bits per heavy atom. The van der Waals surface area contributed by atoms with Crippen LogP contribution in [-0.2, 0) is 9.47 Å². The summed E-state index contributed by atoms with van der Waals surface area (Å²) in [5.74, 6) is -0.794. The first kappa shape index (κ1) is 21.1. The molecule has 112 valence electrons. The largest absolute Gasteiger partial charge is 1.00 e. The third kappa shape index (κ3) is 6.16. The molecule has 0 atom stereocenters. The molecule has 1 saturated heterocycles. The number of ether oxygens (including phenoxy) is 2. The second-order valence-electron chi connectivity index (χ2n) is 5.11. The van der Waals surface area contributed by atoms with E-state index >= 15 is 0 Å². The standard InChI is InChI=1S/C20H18O2.2Li/c1-3-8-18(9-4-1)12-14-20(21-16-7-17-22-20)15-13-19-10-5-2-6-11-19;;/h3-6,8-15H,7,16-17H2;;/q-2;2*+1/b14-12+,15-13+;;. The van der Waals surface area contributed by atoms with Crippen molar-refractivity contribution in [3.8, 4) is 0 Å². The summed E-state index contributed by atoms with van der Waals surface area (Å²) in [7, 11) is 0. The van der Waals surface area contributed by atoms with E-state index in [-0.39, 0.29) is 37.7 Å². The summed E-state index contributed by atoms with van der Waals surface area (Å²) in [6, 6.07) is 21.6. The molecule has 0 unspecified atom stereocenters. The van der Waals surface area contributed by atoms with Crippen LogP contribution in [0.1, 0.15) is 17.5 Å². The van der Waals surface area contributed by atoms with Gasteiger partial charge >= 0.3 is 37.7 Å². The third-order valence-corrected chi connectivity index (χ3v) is 3.45. The van der Waals surface area contributed by atoms with Crippen LogP contribution in [0.3, 0.4) is 0 Å². The zero-order chi connectivity index (χ0) is 15.1. The fourth-order valence-electron chi connectivity index (χ4n) is 2.26. The van der Waals surface area contributed by atoms with Crippen molar-refractivity contribution in [1.82, 2.24) is 0 Å². The molecule has 2 aromatic rings. The van der Waals surface area contributed by atoms with Gasteiger partial charge in [-0.1, -0.05) is 12.2 Å². The quantitative estimate of drug-likeness (QED) is 0.488. The zero-order valence-electron chi connectivity index (χ0n) is 14.4. The molecule has 2 aromatic carbocycles. The van der Waals surface area contributed by atoms with E-state index in [0.717, 1.165) is 17.5 Å². The first-order chi connectivity index (χ1) is 10.9. The molecule has 0 saturated carbocycles. The van der Waals surface area contributed by atoms with E-state index in [1.165, 1.54) is 0 Å². The van der Waals surface area contributed by atoms with Crippen molar-refractivity contribution in [1.29, 1.82) is 0 Å². The molecule has 0 aromatic heterocycles. The SMILES string of the molecule is [Li+].[Li+].[c-]1ccc(/C=C/C2(/C=C/c3cc[c-]cc3)OCCCO2)cc1. The molecule has 3 rings (SSSR count). The second-order valence-corrected chi connectivity index (χ2v) is 5.11. The Hall–Kier alpha value is -0.965. The average molecular weight is 304 g/mol. The molecule has 0 bridgehead atoms. The van der Waals surface area contributed by atoms with Gasteiger partial charge in [0.15, 0.2) is 0 Å². The molecule has 1 heterocycles. The van der Waals surface area contributed by atoms with Gasteiger partial charge in [0.1, 0.15) is 0 Å². The topological polar surface area (TPSA) is 18.5 Å². The Kier molecular flexibility index (Phi) is 9.49. The minimum Gasteiger partial charge on any atom is -0.343 e. The van der Waals surface area contributed by atoms with Gasteiger partial charge in [-0.05, 0) is 18.6 Å². The minimum absolute atomic E-state index is 0. The molecule has 1 fully saturated rings. The fraction of sp³-hybridized carbons (Fsp3) is 0.200. The maximum atomic E-state index is 5.90. The first-order valence-electron chi connectivity index (χ1n) is 7.45. The number of benzene rings is 2. The number of rotatable bonds is 4. The van der Waals surface area contributed by atoms with Gasteiger partial charge < -0.3 is 9.47 Å². The van der Waals surface area contributed by atoms with Crippen molar-refractivity contribution < 1.29 is 47.2 Å². The predicted octanol–water partition coefficient (Wildman–Crippen LogP) is -1.85. The van der Waals surface area contributed by atoms with Crippen LogP contribution in [0.25, 0.3) is 12.2 Å². The fourth-order valence-corrected chi connectivity index (χ4v) is 2.26. The van der Waals surface area contributed by atoms with E-state index < -0.39 is 5.79 Å². The molecular weight excluding hydrogens is 286 g/mol. The Morgan fingerprint density at radius 2 is 1.17 bits per heavy atom. The van der Waals surface area contributed by atoms with Gasteiger partial charge in [0.05, 0.1) is 13.2 Å². The Morgan fingerprint density at radius 1 is 0.750 bits per heavy atom. The monoisotopic (exact) mass is 304 g/mol. The van der Waals surface area contributed by atoms with Crippen LogP contribution < -0.4 is 37.7 Å². The van der Waals surface area contributed by atoms with Gasteiger partial charge in [-0.15, -0.1) is 11.1 Å². The van der Waals surface area contributed by atoms with Crippen LogP contribution in [0.15, 0.2) is 60.7 Å². The van der Waals surface area contributed by atoms with Gasteiger partial charge in [-0.25, -0.2) is 0 Å². The van der Waals surface area contributed by atoms with Crippen LogP contribution in [0.2, 0.25) is 0 Å². The van der Waals surface area contributed by atoms with Crippen LogP contribution in [-0.4, -0.2) is 19.0 Å². The zero-order valence-corrected chi connectivity index (χ0v) is 14.4.